The predicted octanol–water partition coefficient (Wildman–Crippen LogP) is 0.624. The molecular formula is C13H15AlN4O3. The zero-order chi connectivity index (χ0) is 14.8. The summed E-state index contributed by atoms with van der Waals surface area (Å²) in [5.74, 6) is 0. The Labute approximate surface area is 129 Å². The van der Waals surface area contributed by atoms with Crippen LogP contribution in [0, 0.1) is 0 Å². The monoisotopic (exact) mass is 302 g/mol. The van der Waals surface area contributed by atoms with E-state index in [1.54, 1.807) is 15.7 Å². The number of pyridine rings is 1. The van der Waals surface area contributed by atoms with E-state index in [0.29, 0.717) is 24.2 Å². The third kappa shape index (κ3) is 2.69. The molecule has 0 aliphatic carbocycles. The van der Waals surface area contributed by atoms with Crippen molar-refractivity contribution in [2.24, 2.45) is 0 Å². The number of ether oxygens (including phenoxy) is 1. The molecular weight excluding hydrogens is 287 g/mol. The predicted molar refractivity (Wildman–Crippen MR) is 77.3 cm³/mol. The highest BCUT2D eigenvalue weighted by Gasteiger charge is 2.26. The number of nitrogens with one attached hydrogen (secondary N) is 1. The molecule has 7 nitrogen and oxygen atoms in total. The molecule has 1 fully saturated rings. The van der Waals surface area contributed by atoms with Crippen molar-refractivity contribution in [1.82, 2.24) is 19.4 Å². The molecule has 3 heterocycles. The number of piperidine rings is 1. The molecule has 0 unspecified atom stereocenters. The van der Waals surface area contributed by atoms with Gasteiger partial charge in [-0.2, -0.15) is 0 Å². The fraction of sp³-hybridized carbons (Fsp3) is 0.462. The molecule has 1 amide bonds. The molecule has 21 heavy (non-hydrogen) atoms. The molecule has 1 aliphatic heterocycles. The normalized spacial score (nSPS) is 16.3. The number of likely N-dealkylation sites (tertiary alicyclic amines) is 1. The Hall–Kier alpha value is -1.78. The molecule has 0 bridgehead atoms. The number of fused-ring (bicyclic) bond motifs is 1. The van der Waals surface area contributed by atoms with Crippen molar-refractivity contribution in [3.63, 3.8) is 0 Å². The minimum Gasteiger partial charge on any atom is -0.468 e. The molecule has 1 saturated heterocycles. The number of hydrogen-bond acceptors (Lipinski definition) is 4. The Bertz CT molecular complexity index is 703. The Kier molecular flexibility index (Phi) is 3.99. The second-order valence-electron chi connectivity index (χ2n) is 4.97. The van der Waals surface area contributed by atoms with Crippen LogP contribution in [0.25, 0.3) is 11.2 Å². The van der Waals surface area contributed by atoms with Crippen molar-refractivity contribution in [3.8, 4) is 0 Å². The van der Waals surface area contributed by atoms with Crippen LogP contribution < -0.4 is 5.69 Å². The van der Waals surface area contributed by atoms with Gasteiger partial charge in [-0.15, -0.1) is 0 Å². The van der Waals surface area contributed by atoms with Crippen molar-refractivity contribution in [1.29, 1.82) is 0 Å². The molecule has 8 heteroatoms. The highest BCUT2D eigenvalue weighted by molar-refractivity contribution is 6.08. The average molecular weight is 302 g/mol. The quantitative estimate of drug-likeness (QED) is 0.825. The Morgan fingerprint density at radius 3 is 2.95 bits per heavy atom. The number of carbonyl (C=O) groups is 1. The zero-order valence-electron chi connectivity index (χ0n) is 11.5. The average Bonchev–Trinajstić information content (AvgIpc) is 2.83. The van der Waals surface area contributed by atoms with Gasteiger partial charge in [-0.3, -0.25) is 9.55 Å². The van der Waals surface area contributed by atoms with E-state index in [1.807, 2.05) is 12.1 Å². The smallest absolute Gasteiger partial charge is 0.408 e. The van der Waals surface area contributed by atoms with E-state index in [2.05, 4.69) is 26.3 Å². The topological polar surface area (TPSA) is 80.2 Å². The molecule has 2 radical (unpaired) electrons. The maximum Gasteiger partial charge on any atom is 0.408 e. The van der Waals surface area contributed by atoms with Gasteiger partial charge in [-0.25, -0.2) is 14.6 Å². The first-order valence-electron chi connectivity index (χ1n) is 6.87. The highest BCUT2D eigenvalue weighted by atomic mass is 27.0. The fourth-order valence-electron chi connectivity index (χ4n) is 2.79. The van der Waals surface area contributed by atoms with E-state index < -0.39 is 0 Å². The van der Waals surface area contributed by atoms with Gasteiger partial charge in [0.15, 0.2) is 21.9 Å². The number of hydrogen-bond donors (Lipinski definition) is 1. The maximum atomic E-state index is 12.1. The lowest BCUT2D eigenvalue weighted by Gasteiger charge is -2.31. The summed E-state index contributed by atoms with van der Waals surface area (Å²) in [6.45, 7) is 1.18. The molecule has 108 valence electrons. The zero-order valence-corrected chi connectivity index (χ0v) is 12.6. The summed E-state index contributed by atoms with van der Waals surface area (Å²) in [6.07, 6.45) is 2.82. The molecule has 1 aliphatic rings. The Morgan fingerprint density at radius 2 is 2.24 bits per heavy atom. The van der Waals surface area contributed by atoms with Gasteiger partial charge in [0.1, 0.15) is 0 Å². The van der Waals surface area contributed by atoms with Crippen LogP contribution in [-0.4, -0.2) is 60.4 Å². The largest absolute Gasteiger partial charge is 0.468 e. The van der Waals surface area contributed by atoms with Crippen LogP contribution in [0.3, 0.4) is 0 Å². The first kappa shape index (κ1) is 14.2. The van der Waals surface area contributed by atoms with Gasteiger partial charge >= 0.3 is 11.8 Å². The van der Waals surface area contributed by atoms with E-state index in [0.717, 1.165) is 18.4 Å². The van der Waals surface area contributed by atoms with Gasteiger partial charge in [-0.1, -0.05) is 0 Å². The molecule has 2 aromatic heterocycles. The Morgan fingerprint density at radius 1 is 1.48 bits per heavy atom. The number of carbonyl (C=O) groups excluding carboxylic acids is 1. The number of aromatic amines is 1. The fourth-order valence-corrected chi connectivity index (χ4v) is 2.93. The van der Waals surface area contributed by atoms with Crippen LogP contribution >= 0.6 is 0 Å². The summed E-state index contributed by atoms with van der Waals surface area (Å²) in [6, 6.07) is 3.78. The van der Waals surface area contributed by atoms with Crippen LogP contribution in [-0.2, 0) is 4.74 Å². The Balaban J connectivity index is 1.79. The summed E-state index contributed by atoms with van der Waals surface area (Å²) in [4.78, 5) is 32.4. The summed E-state index contributed by atoms with van der Waals surface area (Å²) in [7, 11) is 0. The van der Waals surface area contributed by atoms with Gasteiger partial charge in [0, 0.05) is 30.8 Å². The third-order valence-electron chi connectivity index (χ3n) is 3.78. The van der Waals surface area contributed by atoms with Crippen molar-refractivity contribution < 1.29 is 9.53 Å². The number of aromatic nitrogens is 3. The van der Waals surface area contributed by atoms with E-state index in [4.69, 9.17) is 4.74 Å². The third-order valence-corrected chi connectivity index (χ3v) is 3.95. The first-order chi connectivity index (χ1) is 10.2. The van der Waals surface area contributed by atoms with Crippen LogP contribution in [0.4, 0.5) is 4.79 Å². The molecule has 0 spiro atoms. The maximum absolute atomic E-state index is 12.1. The lowest BCUT2D eigenvalue weighted by atomic mass is 10.1. The standard InChI is InChI=1S/C13H15N4O3.Al/c1-20-13(19)16-7-4-9(5-8-16)17-10-3-2-6-14-11(10)15-12(17)18;/h2-3,6,9H,1,4-5,7-8H2,(H,14,15,18);. The van der Waals surface area contributed by atoms with E-state index in [1.165, 1.54) is 0 Å². The van der Waals surface area contributed by atoms with Gasteiger partial charge in [0.2, 0.25) is 0 Å². The van der Waals surface area contributed by atoms with Crippen molar-refractivity contribution in [2.75, 3.05) is 18.6 Å². The van der Waals surface area contributed by atoms with Gasteiger partial charge in [-0.05, 0) is 25.0 Å². The lowest BCUT2D eigenvalue weighted by Crippen LogP contribution is -2.40. The molecule has 2 aromatic rings. The van der Waals surface area contributed by atoms with Crippen LogP contribution in [0.5, 0.6) is 0 Å². The molecule has 1 N–H and O–H groups in total. The highest BCUT2D eigenvalue weighted by Crippen LogP contribution is 2.24. The molecule has 0 saturated carbocycles. The number of nitrogens with zero attached hydrogens (tertiary/aromatic N) is 3. The summed E-state index contributed by atoms with van der Waals surface area (Å²) in [5.41, 5.74) is 1.57. The van der Waals surface area contributed by atoms with Gasteiger partial charge in [0.25, 0.3) is 0 Å². The molecule has 3 rings (SSSR count). The van der Waals surface area contributed by atoms with Crippen LogP contribution in [0.1, 0.15) is 18.9 Å². The first-order valence-corrected chi connectivity index (χ1v) is 7.69. The summed E-state index contributed by atoms with van der Waals surface area (Å²) in [5, 5.41) is 0. The number of H-pyrrole nitrogens is 1. The molecule has 0 aromatic carbocycles. The number of rotatable bonds is 2. The van der Waals surface area contributed by atoms with Crippen LogP contribution in [0.2, 0.25) is 0 Å². The van der Waals surface area contributed by atoms with Crippen molar-refractivity contribution >= 4 is 33.5 Å². The van der Waals surface area contributed by atoms with Gasteiger partial charge < -0.3 is 9.64 Å². The van der Waals surface area contributed by atoms with Crippen molar-refractivity contribution in [3.05, 3.63) is 28.8 Å². The van der Waals surface area contributed by atoms with E-state index in [-0.39, 0.29) is 17.8 Å². The molecule has 0 atom stereocenters. The second-order valence-corrected chi connectivity index (χ2v) is 5.30. The lowest BCUT2D eigenvalue weighted by molar-refractivity contribution is 0.102. The number of amides is 1. The van der Waals surface area contributed by atoms with Crippen LogP contribution in [0.15, 0.2) is 23.1 Å². The number of imidazole rings is 1. The summed E-state index contributed by atoms with van der Waals surface area (Å²) < 4.78 is 6.72. The minimum absolute atomic E-state index is 0.0792. The second kappa shape index (κ2) is 5.92. The summed E-state index contributed by atoms with van der Waals surface area (Å²) >= 11 is 2.36. The SMILES string of the molecule is O=C(O[CH2][Al])N1CCC(n2c(=O)[nH]c3ncccc32)CC1. The minimum atomic E-state index is -0.295. The van der Waals surface area contributed by atoms with E-state index >= 15 is 0 Å². The van der Waals surface area contributed by atoms with E-state index in [9.17, 15) is 9.59 Å². The van der Waals surface area contributed by atoms with Crippen molar-refractivity contribution in [2.45, 2.75) is 18.9 Å². The van der Waals surface area contributed by atoms with Gasteiger partial charge in [0.05, 0.1) is 5.52 Å².